The second-order valence-electron chi connectivity index (χ2n) is 10.5. The van der Waals surface area contributed by atoms with Gasteiger partial charge in [0.2, 0.25) is 5.91 Å². The zero-order valence-electron chi connectivity index (χ0n) is 20.0. The molecule has 8 heteroatoms. The molecule has 2 amide bonds. The van der Waals surface area contributed by atoms with Crippen molar-refractivity contribution in [1.82, 2.24) is 15.1 Å². The molecule has 1 N–H and O–H groups in total. The van der Waals surface area contributed by atoms with Gasteiger partial charge in [0.1, 0.15) is 17.5 Å². The SMILES string of the molecule is O=C1NC[C@H](CN2CN(c3ccc(F)cc3)C3(CCN(CC4CCCCCCC4)CC3)C2=O)O1. The molecule has 1 atom stereocenters. The lowest BCUT2D eigenvalue weighted by molar-refractivity contribution is -0.134. The Bertz CT molecular complexity index is 863. The van der Waals surface area contributed by atoms with E-state index in [2.05, 4.69) is 15.1 Å². The summed E-state index contributed by atoms with van der Waals surface area (Å²) in [5.41, 5.74) is 0.248. The molecule has 3 aliphatic heterocycles. The van der Waals surface area contributed by atoms with Crippen LogP contribution in [0.5, 0.6) is 0 Å². The van der Waals surface area contributed by atoms with Crippen LogP contribution < -0.4 is 10.2 Å². The molecule has 5 rings (SSSR count). The number of halogens is 1. The Balaban J connectivity index is 1.29. The van der Waals surface area contributed by atoms with Crippen LogP contribution in [-0.2, 0) is 9.53 Å². The van der Waals surface area contributed by atoms with E-state index in [9.17, 15) is 14.0 Å². The number of cyclic esters (lactones) is 1. The fourth-order valence-corrected chi connectivity index (χ4v) is 6.33. The Hall–Kier alpha value is -2.35. The minimum absolute atomic E-state index is 0.102. The van der Waals surface area contributed by atoms with E-state index < -0.39 is 11.6 Å². The number of carbonyl (C=O) groups is 2. The van der Waals surface area contributed by atoms with Gasteiger partial charge in [-0.1, -0.05) is 32.1 Å². The van der Waals surface area contributed by atoms with Gasteiger partial charge in [-0.05, 0) is 55.9 Å². The fraction of sp³-hybridized carbons (Fsp3) is 0.692. The van der Waals surface area contributed by atoms with Crippen LogP contribution in [0, 0.1) is 11.7 Å². The average Bonchev–Trinajstić information content (AvgIpc) is 3.34. The summed E-state index contributed by atoms with van der Waals surface area (Å²) in [4.78, 5) is 31.8. The predicted octanol–water partition coefficient (Wildman–Crippen LogP) is 3.74. The number of alkyl carbamates (subject to hydrolysis) is 1. The number of amides is 2. The molecule has 34 heavy (non-hydrogen) atoms. The first kappa shape index (κ1) is 23.4. The van der Waals surface area contributed by atoms with Crippen molar-refractivity contribution >= 4 is 17.7 Å². The summed E-state index contributed by atoms with van der Waals surface area (Å²) in [6.07, 6.45) is 10.2. The van der Waals surface area contributed by atoms with Gasteiger partial charge in [0, 0.05) is 25.3 Å². The number of hydrogen-bond acceptors (Lipinski definition) is 5. The second kappa shape index (κ2) is 10.1. The minimum Gasteiger partial charge on any atom is -0.442 e. The quantitative estimate of drug-likeness (QED) is 0.707. The van der Waals surface area contributed by atoms with Gasteiger partial charge in [-0.25, -0.2) is 9.18 Å². The van der Waals surface area contributed by atoms with Crippen molar-refractivity contribution < 1.29 is 18.7 Å². The van der Waals surface area contributed by atoms with Crippen molar-refractivity contribution in [2.24, 2.45) is 5.92 Å². The zero-order chi connectivity index (χ0) is 23.5. The van der Waals surface area contributed by atoms with Gasteiger partial charge < -0.3 is 24.8 Å². The molecular weight excluding hydrogens is 435 g/mol. The van der Waals surface area contributed by atoms with Crippen molar-refractivity contribution in [2.45, 2.75) is 69.4 Å². The first-order valence-electron chi connectivity index (χ1n) is 13.0. The number of nitrogens with zero attached hydrogens (tertiary/aromatic N) is 3. The van der Waals surface area contributed by atoms with Gasteiger partial charge in [0.05, 0.1) is 19.8 Å². The molecule has 4 fully saturated rings. The maximum Gasteiger partial charge on any atom is 0.407 e. The standard InChI is InChI=1S/C26H37FN4O3/c27-21-8-10-22(11-9-21)31-19-30(18-23-16-28-25(33)34-23)24(32)26(31)12-14-29(15-13-26)17-20-6-4-2-1-3-5-7-20/h8-11,20,23H,1-7,12-19H2,(H,28,33)/t23-/m1/s1. The summed E-state index contributed by atoms with van der Waals surface area (Å²) < 4.78 is 18.9. The van der Waals surface area contributed by atoms with Crippen LogP contribution >= 0.6 is 0 Å². The van der Waals surface area contributed by atoms with E-state index in [1.54, 1.807) is 12.1 Å². The average molecular weight is 473 g/mol. The van der Waals surface area contributed by atoms with Crippen LogP contribution in [0.15, 0.2) is 24.3 Å². The lowest BCUT2D eigenvalue weighted by Crippen LogP contribution is -2.57. The third-order valence-corrected chi connectivity index (χ3v) is 8.25. The van der Waals surface area contributed by atoms with E-state index >= 15 is 0 Å². The molecular formula is C26H37FN4O3. The largest absolute Gasteiger partial charge is 0.442 e. The molecule has 1 aliphatic carbocycles. The van der Waals surface area contributed by atoms with E-state index in [0.717, 1.165) is 44.1 Å². The van der Waals surface area contributed by atoms with Gasteiger partial charge in [0.15, 0.2) is 0 Å². The van der Waals surface area contributed by atoms with Crippen LogP contribution in [0.4, 0.5) is 14.9 Å². The number of nitrogens with one attached hydrogen (secondary N) is 1. The first-order chi connectivity index (χ1) is 16.5. The fourth-order valence-electron chi connectivity index (χ4n) is 6.33. The van der Waals surface area contributed by atoms with Gasteiger partial charge in [-0.15, -0.1) is 0 Å². The summed E-state index contributed by atoms with van der Waals surface area (Å²) in [7, 11) is 0. The Morgan fingerprint density at radius 2 is 1.65 bits per heavy atom. The molecule has 0 aromatic heterocycles. The highest BCUT2D eigenvalue weighted by Gasteiger charge is 2.54. The molecule has 0 unspecified atom stereocenters. The predicted molar refractivity (Wildman–Crippen MR) is 128 cm³/mol. The number of rotatable bonds is 5. The number of piperidine rings is 1. The molecule has 3 saturated heterocycles. The summed E-state index contributed by atoms with van der Waals surface area (Å²) in [5, 5.41) is 2.67. The molecule has 1 saturated carbocycles. The number of likely N-dealkylation sites (tertiary alicyclic amines) is 1. The summed E-state index contributed by atoms with van der Waals surface area (Å²) in [6, 6.07) is 6.46. The van der Waals surface area contributed by atoms with E-state index in [1.165, 1.54) is 57.1 Å². The van der Waals surface area contributed by atoms with E-state index in [1.807, 2.05) is 4.90 Å². The molecule has 1 aromatic rings. The van der Waals surface area contributed by atoms with Gasteiger partial charge in [0.25, 0.3) is 0 Å². The third kappa shape index (κ3) is 4.88. The van der Waals surface area contributed by atoms with Gasteiger partial charge in [-0.2, -0.15) is 0 Å². The second-order valence-corrected chi connectivity index (χ2v) is 10.5. The highest BCUT2D eigenvalue weighted by molar-refractivity contribution is 5.93. The molecule has 186 valence electrons. The van der Waals surface area contributed by atoms with Crippen molar-refractivity contribution in [1.29, 1.82) is 0 Å². The Morgan fingerprint density at radius 1 is 0.971 bits per heavy atom. The molecule has 1 aromatic carbocycles. The number of carbonyl (C=O) groups excluding carboxylic acids is 2. The zero-order valence-corrected chi connectivity index (χ0v) is 20.0. The first-order valence-corrected chi connectivity index (χ1v) is 13.0. The molecule has 7 nitrogen and oxygen atoms in total. The van der Waals surface area contributed by atoms with Crippen molar-refractivity contribution in [3.8, 4) is 0 Å². The highest BCUT2D eigenvalue weighted by Crippen LogP contribution is 2.40. The van der Waals surface area contributed by atoms with Crippen molar-refractivity contribution in [3.05, 3.63) is 30.1 Å². The minimum atomic E-state index is -0.620. The summed E-state index contributed by atoms with van der Waals surface area (Å²) in [5.74, 6) is 0.589. The smallest absolute Gasteiger partial charge is 0.407 e. The van der Waals surface area contributed by atoms with Crippen molar-refractivity contribution in [3.63, 3.8) is 0 Å². The monoisotopic (exact) mass is 472 g/mol. The molecule has 0 radical (unpaired) electrons. The Morgan fingerprint density at radius 3 is 2.29 bits per heavy atom. The van der Waals surface area contributed by atoms with Crippen LogP contribution in [0.3, 0.4) is 0 Å². The van der Waals surface area contributed by atoms with Crippen LogP contribution in [0.25, 0.3) is 0 Å². The molecule has 0 bridgehead atoms. The molecule has 1 spiro atoms. The lowest BCUT2D eigenvalue weighted by Gasteiger charge is -2.44. The topological polar surface area (TPSA) is 65.1 Å². The normalized spacial score (nSPS) is 26.4. The van der Waals surface area contributed by atoms with Crippen LogP contribution in [-0.4, -0.2) is 72.8 Å². The van der Waals surface area contributed by atoms with E-state index in [0.29, 0.717) is 19.8 Å². The maximum absolute atomic E-state index is 13.8. The van der Waals surface area contributed by atoms with Gasteiger partial charge >= 0.3 is 6.09 Å². The summed E-state index contributed by atoms with van der Waals surface area (Å²) >= 11 is 0. The third-order valence-electron chi connectivity index (χ3n) is 8.25. The summed E-state index contributed by atoms with van der Waals surface area (Å²) in [6.45, 7) is 4.15. The van der Waals surface area contributed by atoms with Crippen LogP contribution in [0.2, 0.25) is 0 Å². The number of ether oxygens (including phenoxy) is 1. The number of benzene rings is 1. The van der Waals surface area contributed by atoms with Gasteiger partial charge in [-0.3, -0.25) is 4.79 Å². The molecule has 4 aliphatic rings. The Labute approximate surface area is 201 Å². The van der Waals surface area contributed by atoms with Crippen LogP contribution in [0.1, 0.15) is 57.8 Å². The Kier molecular flexibility index (Phi) is 6.95. The molecule has 3 heterocycles. The lowest BCUT2D eigenvalue weighted by atomic mass is 9.84. The maximum atomic E-state index is 13.8. The van der Waals surface area contributed by atoms with E-state index in [-0.39, 0.29) is 17.8 Å². The van der Waals surface area contributed by atoms with E-state index in [4.69, 9.17) is 4.74 Å². The number of hydrogen-bond donors (Lipinski definition) is 1. The highest BCUT2D eigenvalue weighted by atomic mass is 19.1. The number of anilines is 1. The van der Waals surface area contributed by atoms with Crippen molar-refractivity contribution in [2.75, 3.05) is 44.3 Å².